The van der Waals surface area contributed by atoms with E-state index in [1.165, 1.54) is 32.5 Å². The molecule has 1 aromatic carbocycles. The lowest BCUT2D eigenvalue weighted by molar-refractivity contribution is -0.116. The molecular formula is C17H21N3O5S. The fraction of sp³-hybridized carbons (Fsp3) is 0.294. The molecule has 140 valence electrons. The highest BCUT2D eigenvalue weighted by Gasteiger charge is 2.20. The molecule has 0 aliphatic rings. The number of amides is 2. The highest BCUT2D eigenvalue weighted by atomic mass is 32.2. The van der Waals surface area contributed by atoms with Crippen LogP contribution in [-0.4, -0.2) is 45.2 Å². The van der Waals surface area contributed by atoms with E-state index < -0.39 is 15.9 Å². The summed E-state index contributed by atoms with van der Waals surface area (Å²) in [4.78, 5) is 23.8. The normalized spacial score (nSPS) is 11.4. The number of furan rings is 1. The van der Waals surface area contributed by atoms with Gasteiger partial charge in [0.05, 0.1) is 11.2 Å². The second-order valence-corrected chi connectivity index (χ2v) is 7.92. The molecule has 2 aromatic rings. The number of benzene rings is 1. The first kappa shape index (κ1) is 19.7. The number of aryl methyl sites for hydroxylation is 1. The van der Waals surface area contributed by atoms with Gasteiger partial charge in [-0.3, -0.25) is 9.59 Å². The Bertz CT molecular complexity index is 889. The van der Waals surface area contributed by atoms with Gasteiger partial charge in [0.2, 0.25) is 15.9 Å². The molecule has 1 heterocycles. The Labute approximate surface area is 152 Å². The number of hydrogen-bond donors (Lipinski definition) is 2. The van der Waals surface area contributed by atoms with E-state index >= 15 is 0 Å². The molecule has 2 N–H and O–H groups in total. The van der Waals surface area contributed by atoms with Gasteiger partial charge >= 0.3 is 0 Å². The van der Waals surface area contributed by atoms with Gasteiger partial charge in [-0.1, -0.05) is 6.07 Å². The second kappa shape index (κ2) is 8.15. The van der Waals surface area contributed by atoms with Gasteiger partial charge < -0.3 is 15.1 Å². The van der Waals surface area contributed by atoms with Gasteiger partial charge in [0.15, 0.2) is 5.76 Å². The van der Waals surface area contributed by atoms with Gasteiger partial charge in [-0.2, -0.15) is 0 Å². The van der Waals surface area contributed by atoms with E-state index in [-0.39, 0.29) is 29.5 Å². The number of anilines is 1. The highest BCUT2D eigenvalue weighted by molar-refractivity contribution is 7.89. The summed E-state index contributed by atoms with van der Waals surface area (Å²) in [6, 6.07) is 7.80. The van der Waals surface area contributed by atoms with Crippen LogP contribution in [0.3, 0.4) is 0 Å². The summed E-state index contributed by atoms with van der Waals surface area (Å²) in [5.74, 6) is -0.582. The van der Waals surface area contributed by atoms with Crippen molar-refractivity contribution in [3.63, 3.8) is 0 Å². The number of carbonyl (C=O) groups excluding carboxylic acids is 2. The first-order valence-electron chi connectivity index (χ1n) is 7.86. The molecule has 2 amide bonds. The van der Waals surface area contributed by atoms with Crippen molar-refractivity contribution >= 4 is 27.5 Å². The van der Waals surface area contributed by atoms with E-state index in [1.807, 2.05) is 0 Å². The van der Waals surface area contributed by atoms with E-state index in [2.05, 4.69) is 10.6 Å². The van der Waals surface area contributed by atoms with Crippen molar-refractivity contribution in [1.29, 1.82) is 0 Å². The summed E-state index contributed by atoms with van der Waals surface area (Å²) >= 11 is 0. The van der Waals surface area contributed by atoms with Crippen LogP contribution >= 0.6 is 0 Å². The number of hydrogen-bond acceptors (Lipinski definition) is 5. The van der Waals surface area contributed by atoms with E-state index in [9.17, 15) is 18.0 Å². The summed E-state index contributed by atoms with van der Waals surface area (Å²) < 4.78 is 30.7. The number of nitrogens with zero attached hydrogens (tertiary/aromatic N) is 1. The molecule has 0 aliphatic heterocycles. The molecule has 1 aromatic heterocycles. The molecule has 0 fully saturated rings. The zero-order valence-corrected chi connectivity index (χ0v) is 15.6. The van der Waals surface area contributed by atoms with Gasteiger partial charge in [0, 0.05) is 32.7 Å². The van der Waals surface area contributed by atoms with Crippen molar-refractivity contribution < 1.29 is 22.4 Å². The van der Waals surface area contributed by atoms with Crippen LogP contribution in [0.5, 0.6) is 0 Å². The standard InChI is InChI=1S/C17H21N3O5S/c1-12-6-7-13(11-15(12)26(23,24)20(2)3)19-16(21)8-9-18-17(22)14-5-4-10-25-14/h4-7,10-11H,8-9H2,1-3H3,(H,18,22)(H,19,21). The highest BCUT2D eigenvalue weighted by Crippen LogP contribution is 2.22. The minimum Gasteiger partial charge on any atom is -0.459 e. The van der Waals surface area contributed by atoms with Crippen molar-refractivity contribution in [1.82, 2.24) is 9.62 Å². The third-order valence-electron chi connectivity index (χ3n) is 3.61. The summed E-state index contributed by atoms with van der Waals surface area (Å²) in [6.07, 6.45) is 1.43. The Morgan fingerprint density at radius 2 is 1.92 bits per heavy atom. The maximum atomic E-state index is 12.3. The van der Waals surface area contributed by atoms with Crippen LogP contribution in [0.4, 0.5) is 5.69 Å². The zero-order chi connectivity index (χ0) is 19.3. The monoisotopic (exact) mass is 379 g/mol. The number of sulfonamides is 1. The van der Waals surface area contributed by atoms with Gasteiger partial charge in [-0.25, -0.2) is 12.7 Å². The Morgan fingerprint density at radius 3 is 2.54 bits per heavy atom. The molecule has 0 unspecified atom stereocenters. The summed E-state index contributed by atoms with van der Waals surface area (Å²) in [7, 11) is -0.712. The second-order valence-electron chi connectivity index (χ2n) is 5.80. The van der Waals surface area contributed by atoms with Crippen molar-refractivity contribution in [2.24, 2.45) is 0 Å². The Kier molecular flexibility index (Phi) is 6.17. The molecule has 26 heavy (non-hydrogen) atoms. The third kappa shape index (κ3) is 4.70. The topological polar surface area (TPSA) is 109 Å². The molecule has 0 bridgehead atoms. The van der Waals surface area contributed by atoms with Crippen LogP contribution in [0.1, 0.15) is 22.5 Å². The van der Waals surface area contributed by atoms with Crippen LogP contribution in [0.25, 0.3) is 0 Å². The summed E-state index contributed by atoms with van der Waals surface area (Å²) in [5.41, 5.74) is 0.959. The quantitative estimate of drug-likeness (QED) is 0.759. The number of carbonyl (C=O) groups is 2. The lowest BCUT2D eigenvalue weighted by atomic mass is 10.2. The lowest BCUT2D eigenvalue weighted by Crippen LogP contribution is -2.27. The van der Waals surface area contributed by atoms with Crippen LogP contribution in [0.15, 0.2) is 45.9 Å². The van der Waals surface area contributed by atoms with Crippen molar-refractivity contribution in [2.75, 3.05) is 26.0 Å². The maximum absolute atomic E-state index is 12.3. The molecule has 0 aliphatic carbocycles. The van der Waals surface area contributed by atoms with Gasteiger partial charge in [0.1, 0.15) is 0 Å². The summed E-state index contributed by atoms with van der Waals surface area (Å²) in [6.45, 7) is 1.81. The molecule has 0 saturated carbocycles. The Balaban J connectivity index is 1.96. The largest absolute Gasteiger partial charge is 0.459 e. The van der Waals surface area contributed by atoms with Crippen molar-refractivity contribution in [2.45, 2.75) is 18.2 Å². The van der Waals surface area contributed by atoms with Crippen molar-refractivity contribution in [3.05, 3.63) is 47.9 Å². The molecule has 0 radical (unpaired) electrons. The SMILES string of the molecule is Cc1ccc(NC(=O)CCNC(=O)c2ccco2)cc1S(=O)(=O)N(C)C. The van der Waals surface area contributed by atoms with Crippen molar-refractivity contribution in [3.8, 4) is 0 Å². The van der Waals surface area contributed by atoms with Gasteiger partial charge in [-0.15, -0.1) is 0 Å². The third-order valence-corrected chi connectivity index (χ3v) is 5.57. The first-order valence-corrected chi connectivity index (χ1v) is 9.30. The smallest absolute Gasteiger partial charge is 0.286 e. The Morgan fingerprint density at radius 1 is 1.19 bits per heavy atom. The first-order chi connectivity index (χ1) is 12.2. The van der Waals surface area contributed by atoms with Gasteiger partial charge in [0.25, 0.3) is 5.91 Å². The number of rotatable bonds is 7. The average Bonchev–Trinajstić information content (AvgIpc) is 3.10. The van der Waals surface area contributed by atoms with Crippen LogP contribution < -0.4 is 10.6 Å². The molecule has 8 nitrogen and oxygen atoms in total. The Hall–Kier alpha value is -2.65. The molecule has 0 spiro atoms. The average molecular weight is 379 g/mol. The minimum absolute atomic E-state index is 0.0378. The zero-order valence-electron chi connectivity index (χ0n) is 14.8. The molecule has 0 atom stereocenters. The van der Waals surface area contributed by atoms with E-state index in [4.69, 9.17) is 4.42 Å². The molecule has 2 rings (SSSR count). The fourth-order valence-corrected chi connectivity index (χ4v) is 3.30. The maximum Gasteiger partial charge on any atom is 0.286 e. The van der Waals surface area contributed by atoms with Gasteiger partial charge in [-0.05, 0) is 36.8 Å². The molecule has 9 heteroatoms. The van der Waals surface area contributed by atoms with E-state index in [1.54, 1.807) is 25.1 Å². The van der Waals surface area contributed by atoms with Crippen LogP contribution in [0, 0.1) is 6.92 Å². The van der Waals surface area contributed by atoms with Crippen LogP contribution in [-0.2, 0) is 14.8 Å². The molecule has 0 saturated heterocycles. The summed E-state index contributed by atoms with van der Waals surface area (Å²) in [5, 5.41) is 5.20. The predicted molar refractivity (Wildman–Crippen MR) is 96.3 cm³/mol. The minimum atomic E-state index is -3.60. The van der Waals surface area contributed by atoms with E-state index in [0.717, 1.165) is 4.31 Å². The van der Waals surface area contributed by atoms with Crippen LogP contribution in [0.2, 0.25) is 0 Å². The fourth-order valence-electron chi connectivity index (χ4n) is 2.16. The van der Waals surface area contributed by atoms with E-state index in [0.29, 0.717) is 11.3 Å². The number of nitrogens with one attached hydrogen (secondary N) is 2. The lowest BCUT2D eigenvalue weighted by Gasteiger charge is -2.15. The predicted octanol–water partition coefficient (Wildman–Crippen LogP) is 1.60. The molecular weight excluding hydrogens is 358 g/mol.